The lowest BCUT2D eigenvalue weighted by Crippen LogP contribution is -2.36. The van der Waals surface area contributed by atoms with Crippen LogP contribution in [0.4, 0.5) is 0 Å². The molecule has 18 heavy (non-hydrogen) atoms. The molecule has 2 rings (SSSR count). The number of piperidine rings is 1. The summed E-state index contributed by atoms with van der Waals surface area (Å²) in [5, 5.41) is 3.32. The second kappa shape index (κ2) is 6.70. The van der Waals surface area contributed by atoms with Gasteiger partial charge in [-0.1, -0.05) is 17.7 Å². The summed E-state index contributed by atoms with van der Waals surface area (Å²) in [4.78, 5) is 3.90. The summed E-state index contributed by atoms with van der Waals surface area (Å²) in [6.07, 6.45) is 2.92. The van der Waals surface area contributed by atoms with Crippen LogP contribution in [0, 0.1) is 0 Å². The maximum absolute atomic E-state index is 12.2. The van der Waals surface area contributed by atoms with Gasteiger partial charge in [0, 0.05) is 6.20 Å². The minimum Gasteiger partial charge on any atom is -0.317 e. The normalized spacial score (nSPS) is 17.2. The summed E-state index contributed by atoms with van der Waals surface area (Å²) >= 11 is 5.66. The van der Waals surface area contributed by atoms with E-state index >= 15 is 0 Å². The zero-order valence-corrected chi connectivity index (χ0v) is 12.2. The molecule has 1 saturated heterocycles. The molecule has 0 saturated carbocycles. The van der Waals surface area contributed by atoms with Gasteiger partial charge in [0.05, 0.1) is 11.0 Å². The molecule has 1 aromatic heterocycles. The van der Waals surface area contributed by atoms with Crippen LogP contribution >= 0.6 is 24.0 Å². The van der Waals surface area contributed by atoms with Gasteiger partial charge in [-0.2, -0.15) is 0 Å². The number of rotatable bonds is 3. The van der Waals surface area contributed by atoms with Gasteiger partial charge < -0.3 is 5.32 Å². The molecule has 1 aliphatic rings. The molecule has 1 aromatic rings. The largest absolute Gasteiger partial charge is 0.317 e. The van der Waals surface area contributed by atoms with Gasteiger partial charge in [-0.05, 0) is 37.6 Å². The Labute approximate surface area is 118 Å². The van der Waals surface area contributed by atoms with Crippen molar-refractivity contribution in [3.63, 3.8) is 0 Å². The average Bonchev–Trinajstić information content (AvgIpc) is 2.33. The molecule has 1 N–H and O–H groups in total. The Morgan fingerprint density at radius 3 is 2.56 bits per heavy atom. The second-order valence-electron chi connectivity index (χ2n) is 4.25. The lowest BCUT2D eigenvalue weighted by atomic mass is 10.2. The van der Waals surface area contributed by atoms with Crippen LogP contribution < -0.4 is 5.32 Å². The van der Waals surface area contributed by atoms with Gasteiger partial charge >= 0.3 is 0 Å². The maximum atomic E-state index is 12.2. The molecule has 1 aliphatic heterocycles. The number of nitrogens with zero attached hydrogens (tertiary/aromatic N) is 1. The first-order valence-electron chi connectivity index (χ1n) is 5.61. The number of halogens is 2. The fraction of sp³-hybridized carbons (Fsp3) is 0.545. The van der Waals surface area contributed by atoms with Crippen molar-refractivity contribution < 1.29 is 8.42 Å². The van der Waals surface area contributed by atoms with Crippen molar-refractivity contribution in [3.05, 3.63) is 29.0 Å². The molecular formula is C11H16Cl2N2O2S. The molecule has 102 valence electrons. The summed E-state index contributed by atoms with van der Waals surface area (Å²) in [7, 11) is -3.07. The van der Waals surface area contributed by atoms with E-state index in [4.69, 9.17) is 11.6 Å². The Kier molecular flexibility index (Phi) is 5.85. The summed E-state index contributed by atoms with van der Waals surface area (Å²) in [5.74, 6) is 0.0574. The first-order chi connectivity index (χ1) is 8.08. The Morgan fingerprint density at radius 1 is 1.33 bits per heavy atom. The van der Waals surface area contributed by atoms with Gasteiger partial charge in [-0.15, -0.1) is 12.4 Å². The van der Waals surface area contributed by atoms with E-state index in [1.165, 1.54) is 6.20 Å². The molecular weight excluding hydrogens is 295 g/mol. The number of sulfone groups is 1. The van der Waals surface area contributed by atoms with Crippen molar-refractivity contribution in [2.45, 2.75) is 23.8 Å². The molecule has 0 atom stereocenters. The highest BCUT2D eigenvalue weighted by atomic mass is 35.5. The van der Waals surface area contributed by atoms with Crippen molar-refractivity contribution in [2.75, 3.05) is 13.1 Å². The summed E-state index contributed by atoms with van der Waals surface area (Å²) in [6, 6.07) is 3.34. The van der Waals surface area contributed by atoms with Crippen molar-refractivity contribution in [2.24, 2.45) is 0 Å². The highest BCUT2D eigenvalue weighted by Crippen LogP contribution is 2.18. The molecule has 0 amide bonds. The van der Waals surface area contributed by atoms with E-state index in [1.54, 1.807) is 12.1 Å². The minimum atomic E-state index is -3.07. The zero-order valence-electron chi connectivity index (χ0n) is 9.80. The minimum absolute atomic E-state index is 0. The third kappa shape index (κ3) is 4.09. The van der Waals surface area contributed by atoms with Gasteiger partial charge in [0.1, 0.15) is 5.15 Å². The molecule has 0 radical (unpaired) electrons. The predicted octanol–water partition coefficient (Wildman–Crippen LogP) is 1.82. The zero-order chi connectivity index (χ0) is 12.3. The molecule has 2 heterocycles. The lowest BCUT2D eigenvalue weighted by Gasteiger charge is -2.22. The van der Waals surface area contributed by atoms with Crippen LogP contribution in [-0.4, -0.2) is 31.7 Å². The Balaban J connectivity index is 0.00000162. The summed E-state index contributed by atoms with van der Waals surface area (Å²) < 4.78 is 24.3. The third-order valence-corrected chi connectivity index (χ3v) is 5.40. The fourth-order valence-electron chi connectivity index (χ4n) is 2.00. The number of aromatic nitrogens is 1. The van der Waals surface area contributed by atoms with Gasteiger partial charge in [-0.3, -0.25) is 0 Å². The molecule has 0 spiro atoms. The lowest BCUT2D eigenvalue weighted by molar-refractivity contribution is 0.496. The van der Waals surface area contributed by atoms with Crippen LogP contribution in [0.1, 0.15) is 18.4 Å². The van der Waals surface area contributed by atoms with Crippen molar-refractivity contribution in [1.29, 1.82) is 0 Å². The first kappa shape index (κ1) is 15.7. The van der Waals surface area contributed by atoms with E-state index < -0.39 is 9.84 Å². The molecule has 1 fully saturated rings. The third-order valence-electron chi connectivity index (χ3n) is 2.95. The topological polar surface area (TPSA) is 59.1 Å². The van der Waals surface area contributed by atoms with E-state index in [1.807, 2.05) is 0 Å². The maximum Gasteiger partial charge on any atom is 0.157 e. The Hall–Kier alpha value is -0.360. The van der Waals surface area contributed by atoms with Crippen molar-refractivity contribution in [1.82, 2.24) is 10.3 Å². The molecule has 0 aliphatic carbocycles. The number of pyridine rings is 1. The standard InChI is InChI=1S/C11H15ClN2O2S.ClH/c12-11-2-1-9(7-14-11)8-17(15,16)10-3-5-13-6-4-10;/h1-2,7,10,13H,3-6,8H2;1H. The molecule has 0 aromatic carbocycles. The van der Waals surface area contributed by atoms with Crippen LogP contribution in [0.2, 0.25) is 5.15 Å². The fourth-order valence-corrected chi connectivity index (χ4v) is 3.93. The highest BCUT2D eigenvalue weighted by Gasteiger charge is 2.27. The van der Waals surface area contributed by atoms with Gasteiger partial charge in [0.2, 0.25) is 0 Å². The quantitative estimate of drug-likeness (QED) is 0.865. The summed E-state index contributed by atoms with van der Waals surface area (Å²) in [6.45, 7) is 1.56. The van der Waals surface area contributed by atoms with E-state index in [-0.39, 0.29) is 23.4 Å². The van der Waals surface area contributed by atoms with Crippen molar-refractivity contribution in [3.8, 4) is 0 Å². The molecule has 0 unspecified atom stereocenters. The van der Waals surface area contributed by atoms with Crippen LogP contribution in [0.3, 0.4) is 0 Å². The predicted molar refractivity (Wildman–Crippen MR) is 75.0 cm³/mol. The molecule has 7 heteroatoms. The highest BCUT2D eigenvalue weighted by molar-refractivity contribution is 7.91. The van der Waals surface area contributed by atoms with Gasteiger partial charge in [-0.25, -0.2) is 13.4 Å². The first-order valence-corrected chi connectivity index (χ1v) is 7.70. The Bertz CT molecular complexity index is 470. The second-order valence-corrected chi connectivity index (χ2v) is 6.91. The Morgan fingerprint density at radius 2 is 2.00 bits per heavy atom. The van der Waals surface area contributed by atoms with Crippen molar-refractivity contribution >= 4 is 33.8 Å². The molecule has 0 bridgehead atoms. The number of hydrogen-bond acceptors (Lipinski definition) is 4. The summed E-state index contributed by atoms with van der Waals surface area (Å²) in [5.41, 5.74) is 0.702. The number of nitrogens with one attached hydrogen (secondary N) is 1. The average molecular weight is 311 g/mol. The van der Waals surface area contributed by atoms with E-state index in [2.05, 4.69) is 10.3 Å². The van der Waals surface area contributed by atoms with E-state index in [9.17, 15) is 8.42 Å². The number of hydrogen-bond donors (Lipinski definition) is 1. The van der Waals surface area contributed by atoms with Crippen LogP contribution in [0.15, 0.2) is 18.3 Å². The molecule has 4 nitrogen and oxygen atoms in total. The monoisotopic (exact) mass is 310 g/mol. The van der Waals surface area contributed by atoms with E-state index in [0.717, 1.165) is 13.1 Å². The van der Waals surface area contributed by atoms with E-state index in [0.29, 0.717) is 23.6 Å². The van der Waals surface area contributed by atoms with Gasteiger partial charge in [0.15, 0.2) is 9.84 Å². The SMILES string of the molecule is Cl.O=S(=O)(Cc1ccc(Cl)nc1)C1CCNCC1. The van der Waals surface area contributed by atoms with Crippen LogP contribution in [0.25, 0.3) is 0 Å². The van der Waals surface area contributed by atoms with Crippen LogP contribution in [-0.2, 0) is 15.6 Å². The van der Waals surface area contributed by atoms with Gasteiger partial charge in [0.25, 0.3) is 0 Å². The van der Waals surface area contributed by atoms with Crippen LogP contribution in [0.5, 0.6) is 0 Å². The smallest absolute Gasteiger partial charge is 0.157 e.